The molecule has 5 nitrogen and oxygen atoms in total. The predicted octanol–water partition coefficient (Wildman–Crippen LogP) is 4.44. The maximum absolute atomic E-state index is 12.2. The van der Waals surface area contributed by atoms with Crippen LogP contribution in [-0.4, -0.2) is 15.7 Å². The lowest BCUT2D eigenvalue weighted by atomic mass is 10.1. The van der Waals surface area contributed by atoms with E-state index in [4.69, 9.17) is 16.3 Å². The van der Waals surface area contributed by atoms with E-state index in [9.17, 15) is 4.79 Å². The largest absolute Gasteiger partial charge is 0.471 e. The number of nitrogens with zero attached hydrogens (tertiary/aromatic N) is 2. The van der Waals surface area contributed by atoms with Gasteiger partial charge in [-0.15, -0.1) is 0 Å². The van der Waals surface area contributed by atoms with Gasteiger partial charge >= 0.3 is 0 Å². The van der Waals surface area contributed by atoms with Crippen molar-refractivity contribution in [2.24, 2.45) is 0 Å². The van der Waals surface area contributed by atoms with Gasteiger partial charge in [0.1, 0.15) is 5.75 Å². The highest BCUT2D eigenvalue weighted by Gasteiger charge is 2.10. The molecular formula is C19H18ClN3O2. The van der Waals surface area contributed by atoms with Crippen LogP contribution < -0.4 is 10.1 Å². The number of hydrogen-bond acceptors (Lipinski definition) is 3. The number of aromatic nitrogens is 2. The van der Waals surface area contributed by atoms with Crippen LogP contribution in [0, 0.1) is 13.8 Å². The summed E-state index contributed by atoms with van der Waals surface area (Å²) < 4.78 is 7.30. The van der Waals surface area contributed by atoms with Gasteiger partial charge in [-0.25, -0.2) is 4.68 Å². The molecule has 0 radical (unpaired) electrons. The maximum Gasteiger partial charge on any atom is 0.276 e. The fraction of sp³-hybridized carbons (Fsp3) is 0.158. The van der Waals surface area contributed by atoms with E-state index in [0.29, 0.717) is 11.4 Å². The Balaban J connectivity index is 1.63. The number of amides is 1. The number of benzene rings is 2. The average molecular weight is 356 g/mol. The summed E-state index contributed by atoms with van der Waals surface area (Å²) in [5.74, 6) is 0.452. The molecule has 0 aliphatic heterocycles. The Bertz CT molecular complexity index is 868. The lowest BCUT2D eigenvalue weighted by Crippen LogP contribution is -2.14. The number of carbonyl (C=O) groups excluding carboxylic acids is 1. The van der Waals surface area contributed by atoms with Crippen LogP contribution in [0.25, 0.3) is 0 Å². The maximum atomic E-state index is 12.2. The standard InChI is InChI=1S/C19H18ClN3O2/c1-13-10-16(11-14(2)18(13)20)25-12-23-9-8-17(22-23)19(24)21-15-6-4-3-5-7-15/h3-11H,12H2,1-2H3,(H,21,24). The van der Waals surface area contributed by atoms with Crippen LogP contribution in [0.1, 0.15) is 21.6 Å². The van der Waals surface area contributed by atoms with Crippen LogP contribution >= 0.6 is 11.6 Å². The molecule has 0 bridgehead atoms. The third-order valence-corrected chi connectivity index (χ3v) is 4.27. The summed E-state index contributed by atoms with van der Waals surface area (Å²) in [5.41, 5.74) is 2.97. The first-order valence-electron chi connectivity index (χ1n) is 7.82. The molecule has 2 aromatic carbocycles. The Morgan fingerprint density at radius 1 is 1.16 bits per heavy atom. The smallest absolute Gasteiger partial charge is 0.276 e. The summed E-state index contributed by atoms with van der Waals surface area (Å²) in [6.45, 7) is 4.07. The number of carbonyl (C=O) groups is 1. The second kappa shape index (κ2) is 7.40. The fourth-order valence-corrected chi connectivity index (χ4v) is 2.51. The van der Waals surface area contributed by atoms with Gasteiger partial charge in [-0.2, -0.15) is 5.10 Å². The van der Waals surface area contributed by atoms with E-state index in [-0.39, 0.29) is 12.6 Å². The van der Waals surface area contributed by atoms with E-state index in [1.165, 1.54) is 0 Å². The minimum absolute atomic E-state index is 0.207. The molecule has 0 aliphatic carbocycles. The number of hydrogen-bond donors (Lipinski definition) is 1. The van der Waals surface area contributed by atoms with Crippen molar-refractivity contribution in [1.29, 1.82) is 0 Å². The molecule has 1 N–H and O–H groups in total. The Kier molecular flexibility index (Phi) is 5.05. The SMILES string of the molecule is Cc1cc(OCn2ccc(C(=O)Nc3ccccc3)n2)cc(C)c1Cl. The molecule has 3 aromatic rings. The molecule has 0 aliphatic rings. The van der Waals surface area contributed by atoms with Crippen molar-refractivity contribution in [2.45, 2.75) is 20.6 Å². The molecule has 0 fully saturated rings. The van der Waals surface area contributed by atoms with Crippen LogP contribution in [0.2, 0.25) is 5.02 Å². The highest BCUT2D eigenvalue weighted by atomic mass is 35.5. The normalized spacial score (nSPS) is 10.5. The van der Waals surface area contributed by atoms with Crippen molar-refractivity contribution >= 4 is 23.2 Å². The molecule has 0 unspecified atom stereocenters. The highest BCUT2D eigenvalue weighted by Crippen LogP contribution is 2.26. The summed E-state index contributed by atoms with van der Waals surface area (Å²) in [7, 11) is 0. The van der Waals surface area contributed by atoms with Gasteiger partial charge in [0.15, 0.2) is 12.4 Å². The lowest BCUT2D eigenvalue weighted by Gasteiger charge is -2.10. The summed E-state index contributed by atoms with van der Waals surface area (Å²) in [4.78, 5) is 12.2. The first-order chi connectivity index (χ1) is 12.0. The summed E-state index contributed by atoms with van der Waals surface area (Å²) >= 11 is 6.15. The third-order valence-electron chi connectivity index (χ3n) is 3.68. The highest BCUT2D eigenvalue weighted by molar-refractivity contribution is 6.32. The van der Waals surface area contributed by atoms with Gasteiger partial charge < -0.3 is 10.1 Å². The van der Waals surface area contributed by atoms with Gasteiger partial charge in [0.2, 0.25) is 0 Å². The molecule has 6 heteroatoms. The number of rotatable bonds is 5. The molecule has 0 atom stereocenters. The van der Waals surface area contributed by atoms with Crippen LogP contribution in [-0.2, 0) is 6.73 Å². The van der Waals surface area contributed by atoms with E-state index >= 15 is 0 Å². The van der Waals surface area contributed by atoms with Crippen molar-refractivity contribution in [3.8, 4) is 5.75 Å². The van der Waals surface area contributed by atoms with Crippen molar-refractivity contribution in [1.82, 2.24) is 9.78 Å². The summed E-state index contributed by atoms with van der Waals surface area (Å²) in [6.07, 6.45) is 1.70. The molecule has 0 saturated carbocycles. The van der Waals surface area contributed by atoms with Crippen molar-refractivity contribution in [3.63, 3.8) is 0 Å². The molecule has 1 aromatic heterocycles. The summed E-state index contributed by atoms with van der Waals surface area (Å²) in [5, 5.41) is 7.78. The van der Waals surface area contributed by atoms with E-state index in [1.807, 2.05) is 56.3 Å². The van der Waals surface area contributed by atoms with Crippen molar-refractivity contribution < 1.29 is 9.53 Å². The number of para-hydroxylation sites is 1. The number of nitrogens with one attached hydrogen (secondary N) is 1. The molecule has 3 rings (SSSR count). The third kappa shape index (κ3) is 4.19. The molecule has 1 amide bonds. The van der Waals surface area contributed by atoms with Crippen molar-refractivity contribution in [3.05, 3.63) is 76.6 Å². The zero-order valence-corrected chi connectivity index (χ0v) is 14.7. The summed E-state index contributed by atoms with van der Waals surface area (Å²) in [6, 6.07) is 14.7. The first kappa shape index (κ1) is 17.0. The van der Waals surface area contributed by atoms with E-state index in [0.717, 1.165) is 21.8 Å². The molecule has 0 saturated heterocycles. The Labute approximate surface area is 151 Å². The minimum atomic E-state index is -0.261. The average Bonchev–Trinajstić information content (AvgIpc) is 3.08. The van der Waals surface area contributed by atoms with Crippen LogP contribution in [0.4, 0.5) is 5.69 Å². The van der Waals surface area contributed by atoms with E-state index < -0.39 is 0 Å². The van der Waals surface area contributed by atoms with Crippen molar-refractivity contribution in [2.75, 3.05) is 5.32 Å². The fourth-order valence-electron chi connectivity index (χ4n) is 2.40. The van der Waals surface area contributed by atoms with Crippen LogP contribution in [0.5, 0.6) is 5.75 Å². The number of halogens is 1. The number of aryl methyl sites for hydroxylation is 2. The monoisotopic (exact) mass is 355 g/mol. The van der Waals surface area contributed by atoms with E-state index in [2.05, 4.69) is 10.4 Å². The predicted molar refractivity (Wildman–Crippen MR) is 98.2 cm³/mol. The van der Waals surface area contributed by atoms with E-state index in [1.54, 1.807) is 16.9 Å². The van der Waals surface area contributed by atoms with Gasteiger partial charge in [0.05, 0.1) is 0 Å². The molecular weight excluding hydrogens is 338 g/mol. The van der Waals surface area contributed by atoms with Gasteiger partial charge in [0, 0.05) is 16.9 Å². The molecule has 25 heavy (non-hydrogen) atoms. The van der Waals surface area contributed by atoms with Crippen LogP contribution in [0.15, 0.2) is 54.7 Å². The minimum Gasteiger partial charge on any atom is -0.471 e. The molecule has 1 heterocycles. The topological polar surface area (TPSA) is 56.1 Å². The zero-order chi connectivity index (χ0) is 17.8. The second-order valence-electron chi connectivity index (χ2n) is 5.71. The Hall–Kier alpha value is -2.79. The zero-order valence-electron chi connectivity index (χ0n) is 14.0. The molecule has 128 valence electrons. The van der Waals surface area contributed by atoms with Gasteiger partial charge in [0.25, 0.3) is 5.91 Å². The lowest BCUT2D eigenvalue weighted by molar-refractivity contribution is 0.102. The van der Waals surface area contributed by atoms with Gasteiger partial charge in [-0.3, -0.25) is 4.79 Å². The number of ether oxygens (including phenoxy) is 1. The number of anilines is 1. The Morgan fingerprint density at radius 2 is 1.84 bits per heavy atom. The van der Waals surface area contributed by atoms with Gasteiger partial charge in [-0.05, 0) is 55.3 Å². The quantitative estimate of drug-likeness (QED) is 0.736. The van der Waals surface area contributed by atoms with Gasteiger partial charge in [-0.1, -0.05) is 29.8 Å². The second-order valence-corrected chi connectivity index (χ2v) is 6.08. The Morgan fingerprint density at radius 3 is 2.52 bits per heavy atom. The first-order valence-corrected chi connectivity index (χ1v) is 8.20. The van der Waals surface area contributed by atoms with Crippen LogP contribution in [0.3, 0.4) is 0 Å². The molecule has 0 spiro atoms.